The van der Waals surface area contributed by atoms with Crippen molar-refractivity contribution in [1.29, 1.82) is 0 Å². The lowest BCUT2D eigenvalue weighted by molar-refractivity contribution is -0.556. The van der Waals surface area contributed by atoms with Crippen molar-refractivity contribution in [1.82, 2.24) is 5.43 Å². The molecular formula is C2H2N6O4. The zero-order valence-corrected chi connectivity index (χ0v) is 5.41. The van der Waals surface area contributed by atoms with E-state index in [0.717, 1.165) is 0 Å². The van der Waals surface area contributed by atoms with Crippen LogP contribution in [0.2, 0.25) is 0 Å². The number of nitrogens with zero attached hydrogens (tertiary/aromatic N) is 5. The Morgan fingerprint density at radius 3 is 2.33 bits per heavy atom. The van der Waals surface area contributed by atoms with Crippen LogP contribution in [0.15, 0.2) is 20.7 Å². The van der Waals surface area contributed by atoms with Gasteiger partial charge in [0.15, 0.2) is 5.03 Å². The number of hydrogen-bond acceptors (Lipinski definition) is 7. The predicted molar refractivity (Wildman–Crippen MR) is 30.2 cm³/mol. The number of nitrogens with one attached hydrogen (secondary N) is 1. The van der Waals surface area contributed by atoms with Gasteiger partial charge in [-0.1, -0.05) is 15.7 Å². The molecule has 12 heavy (non-hydrogen) atoms. The van der Waals surface area contributed by atoms with Crippen molar-refractivity contribution in [2.75, 3.05) is 0 Å². The fraction of sp³-hybridized carbons (Fsp3) is 0.500. The Labute approximate surface area is 64.1 Å². The van der Waals surface area contributed by atoms with Gasteiger partial charge >= 0.3 is 11.8 Å². The van der Waals surface area contributed by atoms with Gasteiger partial charge in [-0.15, -0.1) is 0 Å². The van der Waals surface area contributed by atoms with Crippen LogP contribution in [0.3, 0.4) is 0 Å². The quantitative estimate of drug-likeness (QED) is 0.431. The molecule has 10 heteroatoms. The van der Waals surface area contributed by atoms with Crippen LogP contribution in [0.25, 0.3) is 0 Å². The smallest absolute Gasteiger partial charge is 0.413 e. The third-order valence-electron chi connectivity index (χ3n) is 0.964. The summed E-state index contributed by atoms with van der Waals surface area (Å²) in [6.45, 7) is 0. The average Bonchev–Trinajstić information content (AvgIpc) is 2.35. The Bertz CT molecular complexity index is 269. The highest BCUT2D eigenvalue weighted by Crippen LogP contribution is 2.16. The molecule has 0 aromatic heterocycles. The molecule has 0 spiro atoms. The molecule has 1 heterocycles. The van der Waals surface area contributed by atoms with Crippen molar-refractivity contribution < 1.29 is 14.9 Å². The van der Waals surface area contributed by atoms with Gasteiger partial charge in [0.05, 0.1) is 0 Å². The van der Waals surface area contributed by atoms with Gasteiger partial charge in [0.1, 0.15) is 0 Å². The van der Waals surface area contributed by atoms with Crippen molar-refractivity contribution in [2.45, 2.75) is 5.79 Å². The number of hydrogen-bond donors (Lipinski definition) is 2. The second kappa shape index (κ2) is 2.48. The van der Waals surface area contributed by atoms with Crippen LogP contribution < -0.4 is 5.43 Å². The summed E-state index contributed by atoms with van der Waals surface area (Å²) < 4.78 is 0. The van der Waals surface area contributed by atoms with E-state index in [-0.39, 0.29) is 0 Å². The lowest BCUT2D eigenvalue weighted by Gasteiger charge is -2.08. The number of rotatable bonds is 3. The zero-order chi connectivity index (χ0) is 9.19. The maximum absolute atomic E-state index is 10.4. The molecule has 10 nitrogen and oxygen atoms in total. The van der Waals surface area contributed by atoms with Crippen molar-refractivity contribution in [3.8, 4) is 0 Å². The summed E-state index contributed by atoms with van der Waals surface area (Å²) in [5, 5.41) is 28.8. The lowest BCUT2D eigenvalue weighted by Crippen LogP contribution is -2.50. The van der Waals surface area contributed by atoms with Crippen LogP contribution in [-0.4, -0.2) is 21.9 Å². The summed E-state index contributed by atoms with van der Waals surface area (Å²) >= 11 is 0. The summed E-state index contributed by atoms with van der Waals surface area (Å²) in [6.07, 6.45) is 0. The first-order valence-electron chi connectivity index (χ1n) is 2.56. The third kappa shape index (κ3) is 1.16. The van der Waals surface area contributed by atoms with Crippen molar-refractivity contribution >= 4 is 5.97 Å². The number of carboxylic acid groups (broad SMARTS) is 1. The van der Waals surface area contributed by atoms with Gasteiger partial charge in [-0.25, -0.2) is 14.9 Å². The van der Waals surface area contributed by atoms with Crippen LogP contribution in [-0.2, 0) is 4.79 Å². The molecule has 1 rings (SSSR count). The average molecular weight is 174 g/mol. The maximum Gasteiger partial charge on any atom is 0.413 e. The van der Waals surface area contributed by atoms with Gasteiger partial charge in [-0.3, -0.25) is 0 Å². The first-order valence-corrected chi connectivity index (χ1v) is 2.56. The van der Waals surface area contributed by atoms with E-state index < -0.39 is 16.8 Å². The number of hydrazine groups is 1. The highest BCUT2D eigenvalue weighted by Gasteiger charge is 2.47. The molecule has 0 saturated heterocycles. The molecule has 0 bridgehead atoms. The Hall–Kier alpha value is -2.13. The number of aliphatic carboxylic acids is 1. The molecular weight excluding hydrogens is 172 g/mol. The van der Waals surface area contributed by atoms with Gasteiger partial charge in [-0.05, 0) is 10.4 Å². The fourth-order valence-corrected chi connectivity index (χ4v) is 0.495. The van der Waals surface area contributed by atoms with Gasteiger partial charge < -0.3 is 5.11 Å². The van der Waals surface area contributed by atoms with E-state index >= 15 is 0 Å². The second-order valence-electron chi connectivity index (χ2n) is 1.73. The molecule has 0 aromatic rings. The topological polar surface area (TPSA) is 142 Å². The monoisotopic (exact) mass is 174 g/mol. The van der Waals surface area contributed by atoms with E-state index in [9.17, 15) is 14.9 Å². The minimum absolute atomic E-state index is 1.09. The first-order chi connectivity index (χ1) is 5.57. The molecule has 2 N–H and O–H groups in total. The summed E-state index contributed by atoms with van der Waals surface area (Å²) in [4.78, 5) is 20.3. The molecule has 0 unspecified atom stereocenters. The van der Waals surface area contributed by atoms with Crippen LogP contribution in [0, 0.1) is 10.1 Å². The molecule has 1 aliphatic rings. The van der Waals surface area contributed by atoms with Crippen LogP contribution in [0.4, 0.5) is 0 Å². The third-order valence-corrected chi connectivity index (χ3v) is 0.964. The molecule has 1 aliphatic heterocycles. The van der Waals surface area contributed by atoms with Crippen LogP contribution in [0.5, 0.6) is 0 Å². The number of nitro groups is 1. The minimum atomic E-state index is -2.40. The second-order valence-corrected chi connectivity index (χ2v) is 1.73. The van der Waals surface area contributed by atoms with E-state index in [2.05, 4.69) is 20.7 Å². The molecule has 0 aromatic carbocycles. The molecule has 0 amide bonds. The highest BCUT2D eigenvalue weighted by molar-refractivity contribution is 5.77. The van der Waals surface area contributed by atoms with Crippen LogP contribution in [0.1, 0.15) is 0 Å². The Balaban J connectivity index is 2.88. The number of carboxylic acids is 1. The predicted octanol–water partition coefficient (Wildman–Crippen LogP) is -0.661. The van der Waals surface area contributed by atoms with E-state index in [1.807, 2.05) is 0 Å². The Kier molecular flexibility index (Phi) is 1.65. The molecule has 0 aliphatic carbocycles. The van der Waals surface area contributed by atoms with Crippen molar-refractivity contribution in [3.63, 3.8) is 0 Å². The van der Waals surface area contributed by atoms with Crippen molar-refractivity contribution in [3.05, 3.63) is 10.1 Å². The molecule has 0 atom stereocenters. The first kappa shape index (κ1) is 7.97. The van der Waals surface area contributed by atoms with E-state index in [0.29, 0.717) is 0 Å². The molecule has 0 fully saturated rings. The molecule has 64 valence electrons. The van der Waals surface area contributed by atoms with Gasteiger partial charge in [0, 0.05) is 0 Å². The molecule has 0 saturated carbocycles. The van der Waals surface area contributed by atoms with E-state index in [1.165, 1.54) is 5.43 Å². The Morgan fingerprint density at radius 1 is 1.50 bits per heavy atom. The fourth-order valence-electron chi connectivity index (χ4n) is 0.495. The van der Waals surface area contributed by atoms with Gasteiger partial charge in [0.25, 0.3) is 0 Å². The van der Waals surface area contributed by atoms with E-state index in [4.69, 9.17) is 5.11 Å². The highest BCUT2D eigenvalue weighted by atomic mass is 16.7. The van der Waals surface area contributed by atoms with Crippen LogP contribution >= 0.6 is 0 Å². The van der Waals surface area contributed by atoms with Gasteiger partial charge in [-0.2, -0.15) is 0 Å². The largest absolute Gasteiger partial charge is 0.476 e. The summed E-state index contributed by atoms with van der Waals surface area (Å²) in [5.41, 5.74) is 1.36. The normalized spacial score (nSPS) is 17.7. The Morgan fingerprint density at radius 2 is 2.00 bits per heavy atom. The molecule has 0 radical (unpaired) electrons. The zero-order valence-electron chi connectivity index (χ0n) is 5.41. The number of carbonyl (C=O) groups is 1. The SMILES string of the molecule is O=C(O)C1(N[N+](=O)[O-])N=NN=N1. The lowest BCUT2D eigenvalue weighted by atomic mass is 10.4. The standard InChI is InChI=1S/C2H2N6O4/c9-1(10)2(5-8(11)12)3-6-7-4-2/h5H,(H,9,10). The maximum atomic E-state index is 10.4. The summed E-state index contributed by atoms with van der Waals surface area (Å²) in [6, 6.07) is 0. The van der Waals surface area contributed by atoms with E-state index in [1.54, 1.807) is 0 Å². The van der Waals surface area contributed by atoms with Gasteiger partial charge in [0.2, 0.25) is 0 Å². The van der Waals surface area contributed by atoms with Crippen molar-refractivity contribution in [2.24, 2.45) is 20.7 Å². The summed E-state index contributed by atoms with van der Waals surface area (Å²) in [7, 11) is 0. The minimum Gasteiger partial charge on any atom is -0.476 e. The summed E-state index contributed by atoms with van der Waals surface area (Å²) in [5.74, 6) is -4.05.